The normalized spacial score (nSPS) is 11.3. The number of rotatable bonds is 8. The van der Waals surface area contributed by atoms with E-state index in [1.165, 1.54) is 18.2 Å². The largest absolute Gasteiger partial charge is 0.376 e. The van der Waals surface area contributed by atoms with Crippen LogP contribution in [0.2, 0.25) is 0 Å². The third-order valence-electron chi connectivity index (χ3n) is 3.16. The lowest BCUT2D eigenvalue weighted by Crippen LogP contribution is -2.30. The average molecular weight is 353 g/mol. The summed E-state index contributed by atoms with van der Waals surface area (Å²) >= 11 is 0. The Labute approximate surface area is 141 Å². The Kier molecular flexibility index (Phi) is 6.04. The van der Waals surface area contributed by atoms with Gasteiger partial charge in [-0.15, -0.1) is 5.10 Å². The molecular weight excluding hydrogens is 333 g/mol. The van der Waals surface area contributed by atoms with Crippen molar-refractivity contribution < 1.29 is 12.8 Å². The molecule has 1 aromatic carbocycles. The summed E-state index contributed by atoms with van der Waals surface area (Å²) in [5.41, 5.74) is 1.29. The molecule has 2 N–H and O–H groups in total. The number of halogens is 1. The molecule has 0 saturated heterocycles. The lowest BCUT2D eigenvalue weighted by atomic mass is 10.2. The van der Waals surface area contributed by atoms with Gasteiger partial charge in [-0.2, -0.15) is 5.10 Å². The highest BCUT2D eigenvalue weighted by Crippen LogP contribution is 2.12. The van der Waals surface area contributed by atoms with Crippen LogP contribution in [0.4, 0.5) is 15.9 Å². The molecular formula is C15H20FN5O2S. The SMILES string of the molecule is CN(C)c1cnnc(NCCNS(=O)(=O)Cc2cccc(F)c2)c1. The van der Waals surface area contributed by atoms with E-state index in [4.69, 9.17) is 0 Å². The molecule has 0 unspecified atom stereocenters. The highest BCUT2D eigenvalue weighted by Gasteiger charge is 2.11. The first kappa shape index (κ1) is 18.1. The molecule has 24 heavy (non-hydrogen) atoms. The van der Waals surface area contributed by atoms with E-state index < -0.39 is 15.8 Å². The Morgan fingerprint density at radius 1 is 1.21 bits per heavy atom. The zero-order valence-electron chi connectivity index (χ0n) is 13.5. The van der Waals surface area contributed by atoms with Crippen LogP contribution in [0.15, 0.2) is 36.5 Å². The van der Waals surface area contributed by atoms with Crippen molar-refractivity contribution in [3.05, 3.63) is 47.9 Å². The highest BCUT2D eigenvalue weighted by atomic mass is 32.2. The summed E-state index contributed by atoms with van der Waals surface area (Å²) in [6.07, 6.45) is 1.63. The van der Waals surface area contributed by atoms with Crippen molar-refractivity contribution in [2.45, 2.75) is 5.75 Å². The lowest BCUT2D eigenvalue weighted by Gasteiger charge is -2.13. The Morgan fingerprint density at radius 2 is 2.00 bits per heavy atom. The van der Waals surface area contributed by atoms with Crippen LogP contribution < -0.4 is 14.9 Å². The maximum Gasteiger partial charge on any atom is 0.215 e. The summed E-state index contributed by atoms with van der Waals surface area (Å²) in [5.74, 6) is -0.157. The highest BCUT2D eigenvalue weighted by molar-refractivity contribution is 7.88. The molecule has 1 heterocycles. The maximum atomic E-state index is 13.1. The van der Waals surface area contributed by atoms with Crippen LogP contribution in [0.1, 0.15) is 5.56 Å². The number of aromatic nitrogens is 2. The topological polar surface area (TPSA) is 87.2 Å². The number of hydrogen-bond donors (Lipinski definition) is 2. The Balaban J connectivity index is 1.82. The number of nitrogens with one attached hydrogen (secondary N) is 2. The molecule has 0 saturated carbocycles. The average Bonchev–Trinajstić information content (AvgIpc) is 2.51. The molecule has 2 aromatic rings. The van der Waals surface area contributed by atoms with Gasteiger partial charge in [-0.05, 0) is 17.7 Å². The fraction of sp³-hybridized carbons (Fsp3) is 0.333. The summed E-state index contributed by atoms with van der Waals surface area (Å²) in [6, 6.07) is 7.35. The van der Waals surface area contributed by atoms with Crippen molar-refractivity contribution in [3.63, 3.8) is 0 Å². The van der Waals surface area contributed by atoms with E-state index in [-0.39, 0.29) is 12.3 Å². The van der Waals surface area contributed by atoms with Crippen LogP contribution in [0.5, 0.6) is 0 Å². The van der Waals surface area contributed by atoms with Crippen molar-refractivity contribution in [1.29, 1.82) is 0 Å². The molecule has 0 aliphatic carbocycles. The molecule has 0 radical (unpaired) electrons. The van der Waals surface area contributed by atoms with Crippen molar-refractivity contribution in [3.8, 4) is 0 Å². The lowest BCUT2D eigenvalue weighted by molar-refractivity contribution is 0.581. The summed E-state index contributed by atoms with van der Waals surface area (Å²) in [5, 5.41) is 10.8. The van der Waals surface area contributed by atoms with Gasteiger partial charge in [0.25, 0.3) is 0 Å². The smallest absolute Gasteiger partial charge is 0.215 e. The molecule has 7 nitrogen and oxygen atoms in total. The first-order valence-electron chi connectivity index (χ1n) is 7.31. The minimum absolute atomic E-state index is 0.186. The van der Waals surface area contributed by atoms with Crippen molar-refractivity contribution in [2.24, 2.45) is 0 Å². The number of nitrogens with zero attached hydrogens (tertiary/aromatic N) is 3. The molecule has 0 aliphatic heterocycles. The fourth-order valence-electron chi connectivity index (χ4n) is 1.98. The molecule has 0 aliphatic rings. The minimum Gasteiger partial charge on any atom is -0.376 e. The molecule has 1 aromatic heterocycles. The van der Waals surface area contributed by atoms with Gasteiger partial charge in [-0.25, -0.2) is 17.5 Å². The van der Waals surface area contributed by atoms with Crippen LogP contribution in [-0.4, -0.2) is 45.8 Å². The molecule has 2 rings (SSSR count). The summed E-state index contributed by atoms with van der Waals surface area (Å²) in [7, 11) is 0.252. The van der Waals surface area contributed by atoms with E-state index >= 15 is 0 Å². The molecule has 0 fully saturated rings. The predicted molar refractivity (Wildman–Crippen MR) is 91.9 cm³/mol. The molecule has 0 bridgehead atoms. The zero-order valence-corrected chi connectivity index (χ0v) is 14.3. The first-order valence-corrected chi connectivity index (χ1v) is 8.97. The summed E-state index contributed by atoms with van der Waals surface area (Å²) in [4.78, 5) is 1.89. The number of hydrogen-bond acceptors (Lipinski definition) is 6. The third kappa shape index (κ3) is 5.74. The van der Waals surface area contributed by atoms with Gasteiger partial charge in [0.2, 0.25) is 10.0 Å². The fourth-order valence-corrected chi connectivity index (χ4v) is 3.12. The van der Waals surface area contributed by atoms with E-state index in [0.717, 1.165) is 5.69 Å². The van der Waals surface area contributed by atoms with Crippen LogP contribution in [-0.2, 0) is 15.8 Å². The number of sulfonamides is 1. The Morgan fingerprint density at radius 3 is 2.71 bits per heavy atom. The third-order valence-corrected chi connectivity index (χ3v) is 4.51. The van der Waals surface area contributed by atoms with Gasteiger partial charge >= 0.3 is 0 Å². The number of anilines is 2. The monoisotopic (exact) mass is 353 g/mol. The van der Waals surface area contributed by atoms with E-state index in [1.807, 2.05) is 25.1 Å². The van der Waals surface area contributed by atoms with Crippen molar-refractivity contribution >= 4 is 21.5 Å². The zero-order chi connectivity index (χ0) is 17.6. The van der Waals surface area contributed by atoms with E-state index in [2.05, 4.69) is 20.2 Å². The minimum atomic E-state index is -3.53. The Hall–Kier alpha value is -2.26. The van der Waals surface area contributed by atoms with E-state index in [1.54, 1.807) is 12.3 Å². The maximum absolute atomic E-state index is 13.1. The molecule has 0 atom stereocenters. The van der Waals surface area contributed by atoms with Crippen molar-refractivity contribution in [1.82, 2.24) is 14.9 Å². The van der Waals surface area contributed by atoms with Gasteiger partial charge in [-0.1, -0.05) is 12.1 Å². The molecule has 0 spiro atoms. The molecule has 9 heteroatoms. The summed E-state index contributed by atoms with van der Waals surface area (Å²) in [6.45, 7) is 0.541. The van der Waals surface area contributed by atoms with Gasteiger partial charge in [0.05, 0.1) is 17.6 Å². The van der Waals surface area contributed by atoms with Gasteiger partial charge in [0.1, 0.15) is 5.82 Å². The first-order chi connectivity index (χ1) is 11.4. The summed E-state index contributed by atoms with van der Waals surface area (Å²) < 4.78 is 39.5. The Bertz CT molecular complexity index is 783. The molecule has 130 valence electrons. The van der Waals surface area contributed by atoms with Gasteiger partial charge < -0.3 is 10.2 Å². The predicted octanol–water partition coefficient (Wildman–Crippen LogP) is 1.21. The van der Waals surface area contributed by atoms with Crippen LogP contribution >= 0.6 is 0 Å². The second kappa shape index (κ2) is 8.02. The van der Waals surface area contributed by atoms with E-state index in [0.29, 0.717) is 17.9 Å². The molecule has 0 amide bonds. The van der Waals surface area contributed by atoms with Gasteiger partial charge in [0, 0.05) is 33.3 Å². The second-order valence-electron chi connectivity index (χ2n) is 5.40. The van der Waals surface area contributed by atoms with E-state index in [9.17, 15) is 12.8 Å². The van der Waals surface area contributed by atoms with Gasteiger partial charge in [-0.3, -0.25) is 0 Å². The van der Waals surface area contributed by atoms with Crippen LogP contribution in [0.25, 0.3) is 0 Å². The standard InChI is InChI=1S/C15H20FN5O2S/c1-21(2)14-9-15(20-18-10-14)17-6-7-19-24(22,23)11-12-4-3-5-13(16)8-12/h3-5,8-10,19H,6-7,11H2,1-2H3,(H,17,20). The van der Waals surface area contributed by atoms with Crippen LogP contribution in [0.3, 0.4) is 0 Å². The van der Waals surface area contributed by atoms with Gasteiger partial charge in [0.15, 0.2) is 5.82 Å². The quantitative estimate of drug-likeness (QED) is 0.694. The number of benzene rings is 1. The second-order valence-corrected chi connectivity index (χ2v) is 7.21. The van der Waals surface area contributed by atoms with Crippen molar-refractivity contribution in [2.75, 3.05) is 37.4 Å². The van der Waals surface area contributed by atoms with Crippen LogP contribution in [0, 0.1) is 5.82 Å².